The predicted octanol–water partition coefficient (Wildman–Crippen LogP) is 2.64. The molecule has 24 heavy (non-hydrogen) atoms. The minimum Gasteiger partial charge on any atom is -0.507 e. The Bertz CT molecular complexity index is 720. The fourth-order valence-corrected chi connectivity index (χ4v) is 3.38. The molecule has 1 aliphatic rings. The van der Waals surface area contributed by atoms with Crippen LogP contribution in [0.3, 0.4) is 0 Å². The number of aryl methyl sites for hydroxylation is 1. The van der Waals surface area contributed by atoms with Gasteiger partial charge in [0.2, 0.25) is 5.91 Å². The summed E-state index contributed by atoms with van der Waals surface area (Å²) in [5.41, 5.74) is 8.15. The number of hydrogen-bond acceptors (Lipinski definition) is 4. The highest BCUT2D eigenvalue weighted by Crippen LogP contribution is 2.31. The van der Waals surface area contributed by atoms with Gasteiger partial charge >= 0.3 is 0 Å². The number of imidazole rings is 1. The van der Waals surface area contributed by atoms with Crippen molar-refractivity contribution in [2.45, 2.75) is 38.1 Å². The summed E-state index contributed by atoms with van der Waals surface area (Å²) < 4.78 is 1.83. The first-order chi connectivity index (χ1) is 11.6. The van der Waals surface area contributed by atoms with Crippen LogP contribution in [-0.4, -0.2) is 26.6 Å². The number of nitrogens with two attached hydrogens (primary N) is 1. The monoisotopic (exact) mass is 328 g/mol. The number of phenolic OH excluding ortho intramolecular Hbond substituents is 1. The zero-order valence-corrected chi connectivity index (χ0v) is 13.9. The van der Waals surface area contributed by atoms with Gasteiger partial charge in [0.05, 0.1) is 24.3 Å². The van der Waals surface area contributed by atoms with Crippen LogP contribution < -0.4 is 11.1 Å². The Hall–Kier alpha value is -2.34. The Kier molecular flexibility index (Phi) is 4.85. The van der Waals surface area contributed by atoms with Gasteiger partial charge in [-0.15, -0.1) is 0 Å². The van der Waals surface area contributed by atoms with E-state index in [9.17, 15) is 9.90 Å². The molecular weight excluding hydrogens is 304 g/mol. The number of aromatic nitrogens is 2. The third-order valence-corrected chi connectivity index (χ3v) is 4.82. The minimum atomic E-state index is -0.496. The van der Waals surface area contributed by atoms with Gasteiger partial charge in [0.15, 0.2) is 0 Å². The molecule has 0 bridgehead atoms. The van der Waals surface area contributed by atoms with Crippen molar-refractivity contribution in [2.24, 2.45) is 18.7 Å². The van der Waals surface area contributed by atoms with Crippen LogP contribution in [0.1, 0.15) is 32.1 Å². The smallest absolute Gasteiger partial charge is 0.241 e. The van der Waals surface area contributed by atoms with Gasteiger partial charge < -0.3 is 20.7 Å². The molecule has 1 aliphatic carbocycles. The summed E-state index contributed by atoms with van der Waals surface area (Å²) in [6.07, 6.45) is 8.91. The van der Waals surface area contributed by atoms with E-state index in [0.717, 1.165) is 31.4 Å². The molecule has 1 fully saturated rings. The second kappa shape index (κ2) is 7.05. The van der Waals surface area contributed by atoms with Crippen LogP contribution in [0.15, 0.2) is 30.7 Å². The average Bonchev–Trinajstić information content (AvgIpc) is 3.01. The van der Waals surface area contributed by atoms with Crippen LogP contribution in [0.4, 0.5) is 5.69 Å². The first-order valence-electron chi connectivity index (χ1n) is 8.42. The van der Waals surface area contributed by atoms with Crippen LogP contribution in [0.5, 0.6) is 5.75 Å². The third kappa shape index (κ3) is 3.43. The average molecular weight is 328 g/mol. The van der Waals surface area contributed by atoms with Crippen LogP contribution >= 0.6 is 0 Å². The van der Waals surface area contributed by atoms with E-state index < -0.39 is 6.04 Å². The lowest BCUT2D eigenvalue weighted by atomic mass is 9.84. The molecule has 3 rings (SSSR count). The topological polar surface area (TPSA) is 93.2 Å². The van der Waals surface area contributed by atoms with Crippen molar-refractivity contribution < 1.29 is 9.90 Å². The van der Waals surface area contributed by atoms with E-state index in [-0.39, 0.29) is 17.6 Å². The molecule has 0 saturated heterocycles. The number of phenols is 1. The van der Waals surface area contributed by atoms with E-state index >= 15 is 0 Å². The first kappa shape index (κ1) is 16.5. The maximum Gasteiger partial charge on any atom is 0.241 e. The molecule has 1 atom stereocenters. The number of hydrogen-bond donors (Lipinski definition) is 3. The second-order valence-electron chi connectivity index (χ2n) is 6.53. The van der Waals surface area contributed by atoms with Crippen LogP contribution in [0, 0.1) is 5.92 Å². The van der Waals surface area contributed by atoms with Crippen LogP contribution in [0.25, 0.3) is 11.3 Å². The standard InChI is InChI=1S/C18H24N4O2/c1-22-11-20-10-15(22)14-8-7-13(9-16(14)23)21-18(24)17(19)12-5-3-2-4-6-12/h7-12,17,23H,2-6,19H2,1H3,(H,21,24)/t17-/m0/s1. The molecule has 128 valence electrons. The molecule has 2 aromatic rings. The maximum atomic E-state index is 12.4. The molecule has 0 unspecified atom stereocenters. The van der Waals surface area contributed by atoms with Crippen molar-refractivity contribution in [2.75, 3.05) is 5.32 Å². The fraction of sp³-hybridized carbons (Fsp3) is 0.444. The van der Waals surface area contributed by atoms with E-state index in [1.54, 1.807) is 30.7 Å². The van der Waals surface area contributed by atoms with Gasteiger partial charge in [-0.05, 0) is 30.9 Å². The third-order valence-electron chi connectivity index (χ3n) is 4.82. The van der Waals surface area contributed by atoms with Crippen molar-refractivity contribution in [1.82, 2.24) is 9.55 Å². The van der Waals surface area contributed by atoms with Gasteiger partial charge in [0.25, 0.3) is 0 Å². The van der Waals surface area contributed by atoms with Crippen molar-refractivity contribution in [1.29, 1.82) is 0 Å². The molecule has 1 aromatic carbocycles. The maximum absolute atomic E-state index is 12.4. The Morgan fingerprint density at radius 3 is 2.75 bits per heavy atom. The zero-order chi connectivity index (χ0) is 17.1. The van der Waals surface area contributed by atoms with Gasteiger partial charge in [-0.3, -0.25) is 4.79 Å². The summed E-state index contributed by atoms with van der Waals surface area (Å²) in [6.45, 7) is 0. The predicted molar refractivity (Wildman–Crippen MR) is 93.5 cm³/mol. The Balaban J connectivity index is 1.70. The molecule has 1 heterocycles. The van der Waals surface area contributed by atoms with Gasteiger partial charge in [-0.1, -0.05) is 19.3 Å². The van der Waals surface area contributed by atoms with Gasteiger partial charge in [-0.25, -0.2) is 4.98 Å². The van der Waals surface area contributed by atoms with Crippen molar-refractivity contribution in [3.63, 3.8) is 0 Å². The summed E-state index contributed by atoms with van der Waals surface area (Å²) >= 11 is 0. The number of aromatic hydroxyl groups is 1. The number of rotatable bonds is 4. The summed E-state index contributed by atoms with van der Waals surface area (Å²) in [7, 11) is 1.86. The molecule has 6 nitrogen and oxygen atoms in total. The lowest BCUT2D eigenvalue weighted by molar-refractivity contribution is -0.118. The first-order valence-corrected chi connectivity index (χ1v) is 8.42. The lowest BCUT2D eigenvalue weighted by Gasteiger charge is -2.26. The zero-order valence-electron chi connectivity index (χ0n) is 13.9. The molecule has 0 spiro atoms. The SMILES string of the molecule is Cn1cncc1-c1ccc(NC(=O)[C@@H](N)C2CCCCC2)cc1O. The Labute approximate surface area is 141 Å². The number of amides is 1. The number of carbonyl (C=O) groups is 1. The summed E-state index contributed by atoms with van der Waals surface area (Å²) in [5.74, 6) is 0.165. The molecule has 0 radical (unpaired) electrons. The van der Waals surface area contributed by atoms with Gasteiger partial charge in [0.1, 0.15) is 5.75 Å². The summed E-state index contributed by atoms with van der Waals surface area (Å²) in [5, 5.41) is 13.1. The normalized spacial score (nSPS) is 16.8. The molecule has 1 amide bonds. The number of nitrogens with zero attached hydrogens (tertiary/aromatic N) is 2. The highest BCUT2D eigenvalue weighted by atomic mass is 16.3. The largest absolute Gasteiger partial charge is 0.507 e. The van der Waals surface area contributed by atoms with E-state index in [2.05, 4.69) is 10.3 Å². The molecule has 1 saturated carbocycles. The van der Waals surface area contributed by atoms with Crippen LogP contribution in [0.2, 0.25) is 0 Å². The van der Waals surface area contributed by atoms with Gasteiger partial charge in [0, 0.05) is 24.4 Å². The number of carbonyl (C=O) groups excluding carboxylic acids is 1. The molecule has 0 aliphatic heterocycles. The molecule has 6 heteroatoms. The van der Waals surface area contributed by atoms with Crippen molar-refractivity contribution in [3.8, 4) is 17.0 Å². The van der Waals surface area contributed by atoms with E-state index in [1.165, 1.54) is 6.42 Å². The van der Waals surface area contributed by atoms with E-state index in [0.29, 0.717) is 11.3 Å². The quantitative estimate of drug-likeness (QED) is 0.804. The highest BCUT2D eigenvalue weighted by Gasteiger charge is 2.26. The van der Waals surface area contributed by atoms with Crippen molar-refractivity contribution >= 4 is 11.6 Å². The Morgan fingerprint density at radius 2 is 2.12 bits per heavy atom. The lowest BCUT2D eigenvalue weighted by Crippen LogP contribution is -2.42. The molecular formula is C18H24N4O2. The van der Waals surface area contributed by atoms with E-state index in [4.69, 9.17) is 5.73 Å². The summed E-state index contributed by atoms with van der Waals surface area (Å²) in [6, 6.07) is 4.60. The minimum absolute atomic E-state index is 0.0997. The second-order valence-corrected chi connectivity index (χ2v) is 6.53. The number of anilines is 1. The fourth-order valence-electron chi connectivity index (χ4n) is 3.38. The number of nitrogens with one attached hydrogen (secondary N) is 1. The molecule has 4 N–H and O–H groups in total. The van der Waals surface area contributed by atoms with E-state index in [1.807, 2.05) is 11.6 Å². The number of benzene rings is 1. The highest BCUT2D eigenvalue weighted by molar-refractivity contribution is 5.95. The van der Waals surface area contributed by atoms with Gasteiger partial charge in [-0.2, -0.15) is 0 Å². The molecule has 1 aromatic heterocycles. The Morgan fingerprint density at radius 1 is 1.38 bits per heavy atom. The summed E-state index contributed by atoms with van der Waals surface area (Å²) in [4.78, 5) is 16.4. The van der Waals surface area contributed by atoms with Crippen molar-refractivity contribution in [3.05, 3.63) is 30.7 Å². The van der Waals surface area contributed by atoms with Crippen LogP contribution in [-0.2, 0) is 11.8 Å².